The Labute approximate surface area is 123 Å². The monoisotopic (exact) mass is 295 g/mol. The predicted octanol–water partition coefficient (Wildman–Crippen LogP) is 1.98. The van der Waals surface area contributed by atoms with Gasteiger partial charge in [0.15, 0.2) is 0 Å². The number of carbonyl (C=O) groups excluding carboxylic acids is 2. The van der Waals surface area contributed by atoms with Gasteiger partial charge in [-0.2, -0.15) is 0 Å². The summed E-state index contributed by atoms with van der Waals surface area (Å²) in [5, 5.41) is 8.73. The van der Waals surface area contributed by atoms with Crippen molar-refractivity contribution in [2.24, 2.45) is 0 Å². The lowest BCUT2D eigenvalue weighted by atomic mass is 10.1. The summed E-state index contributed by atoms with van der Waals surface area (Å²) >= 11 is 5.82. The maximum absolute atomic E-state index is 11.6. The average Bonchev–Trinajstić information content (AvgIpc) is 3.20. The Kier molecular flexibility index (Phi) is 4.98. The number of halogens is 1. The summed E-state index contributed by atoms with van der Waals surface area (Å²) in [6.45, 7) is 2.03. The molecule has 6 heteroatoms. The standard InChI is InChI=1S/C14H18ClN3O2/c1-9(10-2-4-11(15)5-3-10)16-8-13(19)18-14(20)17-12-6-7-12/h2-5,9,12,16H,6-8H2,1H3,(H2,17,18,19,20)/t9-/m0/s1. The van der Waals surface area contributed by atoms with Gasteiger partial charge in [0, 0.05) is 17.1 Å². The van der Waals surface area contributed by atoms with Gasteiger partial charge in [-0.1, -0.05) is 23.7 Å². The molecular weight excluding hydrogens is 278 g/mol. The Morgan fingerprint density at radius 2 is 1.95 bits per heavy atom. The summed E-state index contributed by atoms with van der Waals surface area (Å²) in [6, 6.07) is 7.23. The van der Waals surface area contributed by atoms with E-state index < -0.39 is 6.03 Å². The number of benzene rings is 1. The highest BCUT2D eigenvalue weighted by atomic mass is 35.5. The summed E-state index contributed by atoms with van der Waals surface area (Å²) in [7, 11) is 0. The van der Waals surface area contributed by atoms with Crippen molar-refractivity contribution in [2.75, 3.05) is 6.54 Å². The van der Waals surface area contributed by atoms with E-state index in [1.807, 2.05) is 19.1 Å². The summed E-state index contributed by atoms with van der Waals surface area (Å²) in [5.41, 5.74) is 1.03. The van der Waals surface area contributed by atoms with Crippen molar-refractivity contribution >= 4 is 23.5 Å². The van der Waals surface area contributed by atoms with Crippen LogP contribution in [0.5, 0.6) is 0 Å². The molecule has 0 heterocycles. The summed E-state index contributed by atoms with van der Waals surface area (Å²) in [6.07, 6.45) is 1.99. The van der Waals surface area contributed by atoms with Crippen LogP contribution in [0.25, 0.3) is 0 Å². The molecule has 3 N–H and O–H groups in total. The third-order valence-electron chi connectivity index (χ3n) is 3.10. The second kappa shape index (κ2) is 6.72. The van der Waals surface area contributed by atoms with E-state index in [9.17, 15) is 9.59 Å². The normalized spacial score (nSPS) is 15.5. The fraction of sp³-hybridized carbons (Fsp3) is 0.429. The molecule has 0 bridgehead atoms. The highest BCUT2D eigenvalue weighted by molar-refractivity contribution is 6.30. The molecule has 20 heavy (non-hydrogen) atoms. The van der Waals surface area contributed by atoms with Crippen LogP contribution in [-0.4, -0.2) is 24.5 Å². The number of urea groups is 1. The van der Waals surface area contributed by atoms with E-state index in [1.165, 1.54) is 0 Å². The van der Waals surface area contributed by atoms with Crippen LogP contribution in [0.15, 0.2) is 24.3 Å². The smallest absolute Gasteiger partial charge is 0.321 e. The molecule has 1 fully saturated rings. The van der Waals surface area contributed by atoms with E-state index in [-0.39, 0.29) is 24.5 Å². The van der Waals surface area contributed by atoms with Gasteiger partial charge < -0.3 is 10.6 Å². The van der Waals surface area contributed by atoms with Crippen molar-refractivity contribution in [2.45, 2.75) is 31.8 Å². The van der Waals surface area contributed by atoms with Crippen molar-refractivity contribution in [1.82, 2.24) is 16.0 Å². The third kappa shape index (κ3) is 4.83. The maximum Gasteiger partial charge on any atom is 0.321 e. The van der Waals surface area contributed by atoms with Crippen LogP contribution in [0.2, 0.25) is 5.02 Å². The Balaban J connectivity index is 1.71. The molecule has 0 aromatic heterocycles. The first-order valence-electron chi connectivity index (χ1n) is 6.64. The molecule has 1 atom stereocenters. The van der Waals surface area contributed by atoms with Gasteiger partial charge in [-0.3, -0.25) is 10.1 Å². The van der Waals surface area contributed by atoms with Crippen molar-refractivity contribution in [3.05, 3.63) is 34.9 Å². The molecular formula is C14H18ClN3O2. The number of hydrogen-bond acceptors (Lipinski definition) is 3. The van der Waals surface area contributed by atoms with Gasteiger partial charge in [0.05, 0.1) is 6.54 Å². The molecule has 0 aliphatic heterocycles. The summed E-state index contributed by atoms with van der Waals surface area (Å²) in [4.78, 5) is 23.0. The molecule has 0 spiro atoms. The van der Waals surface area contributed by atoms with Crippen LogP contribution < -0.4 is 16.0 Å². The fourth-order valence-corrected chi connectivity index (χ4v) is 1.86. The van der Waals surface area contributed by atoms with E-state index in [0.29, 0.717) is 5.02 Å². The molecule has 1 saturated carbocycles. The Morgan fingerprint density at radius 1 is 1.30 bits per heavy atom. The molecule has 3 amide bonds. The maximum atomic E-state index is 11.6. The molecule has 1 aliphatic rings. The average molecular weight is 296 g/mol. The number of carbonyl (C=O) groups is 2. The topological polar surface area (TPSA) is 70.2 Å². The van der Waals surface area contributed by atoms with Crippen molar-refractivity contribution in [1.29, 1.82) is 0 Å². The molecule has 108 valence electrons. The van der Waals surface area contributed by atoms with E-state index in [1.54, 1.807) is 12.1 Å². The SMILES string of the molecule is C[C@H](NCC(=O)NC(=O)NC1CC1)c1ccc(Cl)cc1. The van der Waals surface area contributed by atoms with Crippen molar-refractivity contribution in [3.8, 4) is 0 Å². The van der Waals surface area contributed by atoms with Crippen LogP contribution in [0.4, 0.5) is 4.79 Å². The van der Waals surface area contributed by atoms with Gasteiger partial charge in [0.25, 0.3) is 0 Å². The summed E-state index contributed by atoms with van der Waals surface area (Å²) < 4.78 is 0. The second-order valence-electron chi connectivity index (χ2n) is 4.95. The first kappa shape index (κ1) is 14.8. The highest BCUT2D eigenvalue weighted by Gasteiger charge is 2.23. The van der Waals surface area contributed by atoms with Crippen molar-refractivity contribution in [3.63, 3.8) is 0 Å². The number of imide groups is 1. The minimum atomic E-state index is -0.418. The number of hydrogen-bond donors (Lipinski definition) is 3. The van der Waals surface area contributed by atoms with Gasteiger partial charge in [-0.05, 0) is 37.5 Å². The Bertz CT molecular complexity index is 486. The Hall–Kier alpha value is -1.59. The van der Waals surface area contributed by atoms with Crippen LogP contribution in [-0.2, 0) is 4.79 Å². The zero-order valence-electron chi connectivity index (χ0n) is 11.3. The third-order valence-corrected chi connectivity index (χ3v) is 3.36. The first-order valence-corrected chi connectivity index (χ1v) is 7.01. The van der Waals surface area contributed by atoms with Crippen molar-refractivity contribution < 1.29 is 9.59 Å². The molecule has 0 radical (unpaired) electrons. The predicted molar refractivity (Wildman–Crippen MR) is 77.6 cm³/mol. The van der Waals surface area contributed by atoms with Crippen LogP contribution >= 0.6 is 11.6 Å². The highest BCUT2D eigenvalue weighted by Crippen LogP contribution is 2.18. The lowest BCUT2D eigenvalue weighted by Gasteiger charge is -2.14. The quantitative estimate of drug-likeness (QED) is 0.778. The fourth-order valence-electron chi connectivity index (χ4n) is 1.74. The van der Waals surface area contributed by atoms with Crippen LogP contribution in [0.1, 0.15) is 31.4 Å². The first-order chi connectivity index (χ1) is 9.54. The van der Waals surface area contributed by atoms with Gasteiger partial charge >= 0.3 is 6.03 Å². The molecule has 1 aromatic rings. The van der Waals surface area contributed by atoms with Gasteiger partial charge in [0.1, 0.15) is 0 Å². The lowest BCUT2D eigenvalue weighted by molar-refractivity contribution is -0.119. The molecule has 1 aromatic carbocycles. The van der Waals surface area contributed by atoms with Gasteiger partial charge in [-0.15, -0.1) is 0 Å². The second-order valence-corrected chi connectivity index (χ2v) is 5.39. The van der Waals surface area contributed by atoms with Crippen LogP contribution in [0, 0.1) is 0 Å². The Morgan fingerprint density at radius 3 is 2.55 bits per heavy atom. The zero-order chi connectivity index (χ0) is 14.5. The number of rotatable bonds is 5. The minimum absolute atomic E-state index is 0.00418. The summed E-state index contributed by atoms with van der Waals surface area (Å²) in [5.74, 6) is -0.344. The lowest BCUT2D eigenvalue weighted by Crippen LogP contribution is -2.44. The van der Waals surface area contributed by atoms with Gasteiger partial charge in [0.2, 0.25) is 5.91 Å². The molecule has 2 rings (SSSR count). The van der Waals surface area contributed by atoms with E-state index in [0.717, 1.165) is 18.4 Å². The molecule has 5 nitrogen and oxygen atoms in total. The van der Waals surface area contributed by atoms with Crippen LogP contribution in [0.3, 0.4) is 0 Å². The van der Waals surface area contributed by atoms with E-state index in [2.05, 4.69) is 16.0 Å². The molecule has 0 unspecified atom stereocenters. The minimum Gasteiger partial charge on any atom is -0.335 e. The van der Waals surface area contributed by atoms with E-state index in [4.69, 9.17) is 11.6 Å². The van der Waals surface area contributed by atoms with Gasteiger partial charge in [-0.25, -0.2) is 4.79 Å². The molecule has 0 saturated heterocycles. The largest absolute Gasteiger partial charge is 0.335 e. The number of nitrogens with one attached hydrogen (secondary N) is 3. The zero-order valence-corrected chi connectivity index (χ0v) is 12.0. The van der Waals surface area contributed by atoms with E-state index >= 15 is 0 Å². The molecule has 1 aliphatic carbocycles. The number of amides is 3.